The first kappa shape index (κ1) is 14.2. The molecular formula is C14H15N3O2S. The summed E-state index contributed by atoms with van der Waals surface area (Å²) >= 11 is 4.94. The Morgan fingerprint density at radius 1 is 1.40 bits per heavy atom. The average molecular weight is 289 g/mol. The number of aryl methyl sites for hydroxylation is 1. The lowest BCUT2D eigenvalue weighted by molar-refractivity contribution is 0.379. The maximum atomic E-state index is 11.8. The van der Waals surface area contributed by atoms with Crippen molar-refractivity contribution in [3.05, 3.63) is 57.4 Å². The number of aromatic nitrogens is 2. The molecule has 0 aliphatic heterocycles. The fourth-order valence-electron chi connectivity index (χ4n) is 1.84. The summed E-state index contributed by atoms with van der Waals surface area (Å²) in [5, 5.41) is 4.12. The predicted octanol–water partition coefficient (Wildman–Crippen LogP) is 1.24. The second-order valence-electron chi connectivity index (χ2n) is 4.38. The monoisotopic (exact) mass is 289 g/mol. The van der Waals surface area contributed by atoms with Crippen LogP contribution in [0.25, 0.3) is 0 Å². The third-order valence-corrected chi connectivity index (χ3v) is 3.23. The number of hydrogen-bond donors (Lipinski definition) is 1. The first-order chi connectivity index (χ1) is 9.51. The highest BCUT2D eigenvalue weighted by Crippen LogP contribution is 2.12. The second kappa shape index (κ2) is 5.83. The largest absolute Gasteiger partial charge is 0.480 e. The van der Waals surface area contributed by atoms with E-state index >= 15 is 0 Å². The standard InChI is InChI=1S/C14H15N3O2S/c1-9-7-10(14(15)20)3-4-11(9)8-17-13(18)6-5-12(16-17)19-2/h3-7H,8H2,1-2H3,(H2,15,20). The van der Waals surface area contributed by atoms with Gasteiger partial charge in [0.25, 0.3) is 5.56 Å². The molecule has 6 heteroatoms. The number of benzene rings is 1. The van der Waals surface area contributed by atoms with Crippen LogP contribution in [0, 0.1) is 6.92 Å². The summed E-state index contributed by atoms with van der Waals surface area (Å²) < 4.78 is 6.39. The highest BCUT2D eigenvalue weighted by atomic mass is 32.1. The van der Waals surface area contributed by atoms with Crippen LogP contribution in [-0.2, 0) is 6.54 Å². The molecule has 2 aromatic rings. The third-order valence-electron chi connectivity index (χ3n) is 3.00. The van der Waals surface area contributed by atoms with E-state index in [9.17, 15) is 4.79 Å². The molecule has 104 valence electrons. The van der Waals surface area contributed by atoms with Crippen molar-refractivity contribution in [2.45, 2.75) is 13.5 Å². The van der Waals surface area contributed by atoms with E-state index in [0.717, 1.165) is 16.7 Å². The fraction of sp³-hybridized carbons (Fsp3) is 0.214. The number of hydrogen-bond acceptors (Lipinski definition) is 4. The molecule has 0 aliphatic rings. The van der Waals surface area contributed by atoms with E-state index in [0.29, 0.717) is 17.4 Å². The van der Waals surface area contributed by atoms with Crippen molar-refractivity contribution in [3.8, 4) is 5.88 Å². The van der Waals surface area contributed by atoms with E-state index in [1.165, 1.54) is 17.9 Å². The average Bonchev–Trinajstić information content (AvgIpc) is 2.43. The van der Waals surface area contributed by atoms with Crippen molar-refractivity contribution in [1.29, 1.82) is 0 Å². The van der Waals surface area contributed by atoms with E-state index in [-0.39, 0.29) is 5.56 Å². The lowest BCUT2D eigenvalue weighted by Crippen LogP contribution is -2.23. The van der Waals surface area contributed by atoms with Gasteiger partial charge in [-0.1, -0.05) is 24.4 Å². The number of rotatable bonds is 4. The van der Waals surface area contributed by atoms with Crippen molar-refractivity contribution in [2.75, 3.05) is 7.11 Å². The van der Waals surface area contributed by atoms with Gasteiger partial charge in [-0.15, -0.1) is 5.10 Å². The van der Waals surface area contributed by atoms with Crippen LogP contribution in [-0.4, -0.2) is 21.9 Å². The van der Waals surface area contributed by atoms with Gasteiger partial charge in [0.1, 0.15) is 4.99 Å². The smallest absolute Gasteiger partial charge is 0.267 e. The molecule has 1 aromatic heterocycles. The molecule has 0 radical (unpaired) electrons. The van der Waals surface area contributed by atoms with Crippen LogP contribution in [0.3, 0.4) is 0 Å². The molecule has 0 aliphatic carbocycles. The molecule has 0 saturated carbocycles. The van der Waals surface area contributed by atoms with Crippen LogP contribution in [0.5, 0.6) is 5.88 Å². The Kier molecular flexibility index (Phi) is 4.14. The van der Waals surface area contributed by atoms with Crippen LogP contribution < -0.4 is 16.0 Å². The van der Waals surface area contributed by atoms with Crippen molar-refractivity contribution in [2.24, 2.45) is 5.73 Å². The lowest BCUT2D eigenvalue weighted by Gasteiger charge is -2.10. The van der Waals surface area contributed by atoms with Gasteiger partial charge in [-0.25, -0.2) is 4.68 Å². The minimum Gasteiger partial charge on any atom is -0.480 e. The van der Waals surface area contributed by atoms with Crippen LogP contribution in [0.15, 0.2) is 35.1 Å². The van der Waals surface area contributed by atoms with Crippen LogP contribution in [0.1, 0.15) is 16.7 Å². The Hall–Kier alpha value is -2.21. The number of ether oxygens (including phenoxy) is 1. The summed E-state index contributed by atoms with van der Waals surface area (Å²) in [6.45, 7) is 2.32. The van der Waals surface area contributed by atoms with Gasteiger partial charge in [0.05, 0.1) is 13.7 Å². The Labute approximate surface area is 122 Å². The molecule has 0 unspecified atom stereocenters. The SMILES string of the molecule is COc1ccc(=O)n(Cc2ccc(C(N)=S)cc2C)n1. The van der Waals surface area contributed by atoms with E-state index in [2.05, 4.69) is 5.10 Å². The van der Waals surface area contributed by atoms with E-state index in [1.54, 1.807) is 6.07 Å². The molecule has 5 nitrogen and oxygen atoms in total. The first-order valence-corrected chi connectivity index (χ1v) is 6.43. The Morgan fingerprint density at radius 3 is 2.75 bits per heavy atom. The maximum absolute atomic E-state index is 11.8. The first-order valence-electron chi connectivity index (χ1n) is 6.03. The molecule has 20 heavy (non-hydrogen) atoms. The lowest BCUT2D eigenvalue weighted by atomic mass is 10.1. The quantitative estimate of drug-likeness (QED) is 0.858. The summed E-state index contributed by atoms with van der Waals surface area (Å²) in [7, 11) is 1.51. The number of thiocarbonyl (C=S) groups is 1. The Bertz CT molecular complexity index is 710. The number of nitrogens with two attached hydrogens (primary N) is 1. The highest BCUT2D eigenvalue weighted by Gasteiger charge is 2.06. The van der Waals surface area contributed by atoms with Gasteiger partial charge < -0.3 is 10.5 Å². The Morgan fingerprint density at radius 2 is 2.15 bits per heavy atom. The fourth-order valence-corrected chi connectivity index (χ4v) is 1.97. The summed E-state index contributed by atoms with van der Waals surface area (Å²) in [4.78, 5) is 12.1. The zero-order valence-corrected chi connectivity index (χ0v) is 12.1. The van der Waals surface area contributed by atoms with Gasteiger partial charge in [-0.3, -0.25) is 4.79 Å². The zero-order valence-electron chi connectivity index (χ0n) is 11.3. The van der Waals surface area contributed by atoms with Gasteiger partial charge in [0.2, 0.25) is 5.88 Å². The van der Waals surface area contributed by atoms with E-state index < -0.39 is 0 Å². The maximum Gasteiger partial charge on any atom is 0.267 e. The van der Waals surface area contributed by atoms with Crippen molar-refractivity contribution in [1.82, 2.24) is 9.78 Å². The summed E-state index contributed by atoms with van der Waals surface area (Å²) in [5.74, 6) is 0.405. The molecular weight excluding hydrogens is 274 g/mol. The molecule has 0 amide bonds. The van der Waals surface area contributed by atoms with Crippen molar-refractivity contribution < 1.29 is 4.74 Å². The third kappa shape index (κ3) is 3.03. The summed E-state index contributed by atoms with van der Waals surface area (Å²) in [6, 6.07) is 8.63. The molecule has 1 heterocycles. The zero-order chi connectivity index (χ0) is 14.7. The van der Waals surface area contributed by atoms with Gasteiger partial charge in [0, 0.05) is 17.7 Å². The molecule has 2 rings (SSSR count). The van der Waals surface area contributed by atoms with Gasteiger partial charge >= 0.3 is 0 Å². The summed E-state index contributed by atoms with van der Waals surface area (Å²) in [5.41, 5.74) is 8.22. The second-order valence-corrected chi connectivity index (χ2v) is 4.82. The minimum atomic E-state index is -0.177. The minimum absolute atomic E-state index is 0.177. The topological polar surface area (TPSA) is 70.1 Å². The molecule has 0 atom stereocenters. The molecule has 0 saturated heterocycles. The molecule has 2 N–H and O–H groups in total. The number of nitrogens with zero attached hydrogens (tertiary/aromatic N) is 2. The van der Waals surface area contributed by atoms with E-state index in [1.807, 2.05) is 25.1 Å². The van der Waals surface area contributed by atoms with Crippen molar-refractivity contribution in [3.63, 3.8) is 0 Å². The van der Waals surface area contributed by atoms with Gasteiger partial charge in [-0.05, 0) is 24.1 Å². The highest BCUT2D eigenvalue weighted by molar-refractivity contribution is 7.80. The van der Waals surface area contributed by atoms with Gasteiger partial charge in [0.15, 0.2) is 0 Å². The molecule has 0 bridgehead atoms. The normalized spacial score (nSPS) is 10.3. The van der Waals surface area contributed by atoms with Crippen LogP contribution in [0.2, 0.25) is 0 Å². The summed E-state index contributed by atoms with van der Waals surface area (Å²) in [6.07, 6.45) is 0. The van der Waals surface area contributed by atoms with Gasteiger partial charge in [-0.2, -0.15) is 0 Å². The molecule has 1 aromatic carbocycles. The predicted molar refractivity (Wildman–Crippen MR) is 81.2 cm³/mol. The van der Waals surface area contributed by atoms with Crippen LogP contribution >= 0.6 is 12.2 Å². The Balaban J connectivity index is 2.35. The van der Waals surface area contributed by atoms with E-state index in [4.69, 9.17) is 22.7 Å². The van der Waals surface area contributed by atoms with Crippen molar-refractivity contribution >= 4 is 17.2 Å². The molecule has 0 spiro atoms. The number of methoxy groups -OCH3 is 1. The van der Waals surface area contributed by atoms with Crippen LogP contribution in [0.4, 0.5) is 0 Å². The molecule has 0 fully saturated rings.